The van der Waals surface area contributed by atoms with Crippen LogP contribution in [-0.4, -0.2) is 25.0 Å². The summed E-state index contributed by atoms with van der Waals surface area (Å²) in [5, 5.41) is 9.67. The number of aryl methyl sites for hydroxylation is 1. The Morgan fingerprint density at radius 2 is 2.15 bits per heavy atom. The van der Waals surface area contributed by atoms with Gasteiger partial charge in [0.25, 0.3) is 0 Å². The standard InChI is InChI=1S/C20H16FN3O2/c1-13-10-24(12-16-11-23-7-3-2-4-18(23)22-16)20-14(5-6-19(25)26)8-15(21)9-17(13)20/h2-11H,12H2,1H3,(H,25,26)/b6-5+. The largest absolute Gasteiger partial charge is 0.478 e. The van der Waals surface area contributed by atoms with E-state index in [1.807, 2.05) is 52.7 Å². The lowest BCUT2D eigenvalue weighted by Gasteiger charge is -2.06. The van der Waals surface area contributed by atoms with Crippen molar-refractivity contribution in [1.82, 2.24) is 14.0 Å². The lowest BCUT2D eigenvalue weighted by molar-refractivity contribution is -0.131. The lowest BCUT2D eigenvalue weighted by Crippen LogP contribution is -2.00. The molecule has 1 aromatic carbocycles. The van der Waals surface area contributed by atoms with Crippen molar-refractivity contribution in [3.05, 3.63) is 77.6 Å². The number of rotatable bonds is 4. The molecule has 4 rings (SSSR count). The fourth-order valence-corrected chi connectivity index (χ4v) is 3.26. The molecule has 0 unspecified atom stereocenters. The number of carbonyl (C=O) groups is 1. The third kappa shape index (κ3) is 2.86. The van der Waals surface area contributed by atoms with Crippen LogP contribution in [-0.2, 0) is 11.3 Å². The van der Waals surface area contributed by atoms with Gasteiger partial charge in [-0.3, -0.25) is 0 Å². The van der Waals surface area contributed by atoms with E-state index in [2.05, 4.69) is 4.98 Å². The van der Waals surface area contributed by atoms with E-state index in [1.54, 1.807) is 0 Å². The molecule has 3 aromatic heterocycles. The molecule has 5 nitrogen and oxygen atoms in total. The van der Waals surface area contributed by atoms with E-state index < -0.39 is 11.8 Å². The molecule has 0 saturated heterocycles. The Morgan fingerprint density at radius 3 is 2.92 bits per heavy atom. The van der Waals surface area contributed by atoms with Crippen LogP contribution in [0.5, 0.6) is 0 Å². The molecular formula is C20H16FN3O2. The molecule has 0 radical (unpaired) electrons. The summed E-state index contributed by atoms with van der Waals surface area (Å²) in [5.74, 6) is -1.46. The molecular weight excluding hydrogens is 333 g/mol. The highest BCUT2D eigenvalue weighted by Crippen LogP contribution is 2.27. The van der Waals surface area contributed by atoms with Crippen molar-refractivity contribution < 1.29 is 14.3 Å². The van der Waals surface area contributed by atoms with E-state index in [4.69, 9.17) is 5.11 Å². The Bertz CT molecular complexity index is 1140. The van der Waals surface area contributed by atoms with E-state index in [1.165, 1.54) is 18.2 Å². The van der Waals surface area contributed by atoms with Crippen molar-refractivity contribution in [3.63, 3.8) is 0 Å². The Morgan fingerprint density at radius 1 is 1.31 bits per heavy atom. The minimum atomic E-state index is -1.07. The maximum Gasteiger partial charge on any atom is 0.328 e. The fraction of sp³-hybridized carbons (Fsp3) is 0.100. The van der Waals surface area contributed by atoms with Gasteiger partial charge in [-0.2, -0.15) is 0 Å². The van der Waals surface area contributed by atoms with E-state index in [0.29, 0.717) is 12.1 Å². The second-order valence-corrected chi connectivity index (χ2v) is 6.20. The molecule has 0 aliphatic heterocycles. The topological polar surface area (TPSA) is 59.5 Å². The number of hydrogen-bond acceptors (Lipinski definition) is 2. The molecule has 0 aliphatic carbocycles. The van der Waals surface area contributed by atoms with Gasteiger partial charge in [-0.15, -0.1) is 0 Å². The summed E-state index contributed by atoms with van der Waals surface area (Å²) in [6.45, 7) is 2.41. The number of aromatic nitrogens is 3. The summed E-state index contributed by atoms with van der Waals surface area (Å²) in [6, 6.07) is 8.62. The molecule has 130 valence electrons. The number of carboxylic acids is 1. The Balaban J connectivity index is 1.85. The number of hydrogen-bond donors (Lipinski definition) is 1. The molecule has 0 fully saturated rings. The van der Waals surface area contributed by atoms with Crippen molar-refractivity contribution in [2.24, 2.45) is 0 Å². The van der Waals surface area contributed by atoms with Gasteiger partial charge in [-0.1, -0.05) is 6.07 Å². The summed E-state index contributed by atoms with van der Waals surface area (Å²) in [6.07, 6.45) is 8.26. The molecule has 6 heteroatoms. The van der Waals surface area contributed by atoms with Gasteiger partial charge < -0.3 is 14.1 Å². The predicted octanol–water partition coefficient (Wildman–Crippen LogP) is 3.88. The number of carboxylic acid groups (broad SMARTS) is 1. The second kappa shape index (κ2) is 6.15. The molecule has 3 heterocycles. The maximum absolute atomic E-state index is 14.0. The maximum atomic E-state index is 14.0. The van der Waals surface area contributed by atoms with E-state index in [-0.39, 0.29) is 0 Å². The minimum absolute atomic E-state index is 0.392. The van der Waals surface area contributed by atoms with Gasteiger partial charge in [-0.25, -0.2) is 14.2 Å². The normalized spacial score (nSPS) is 11.8. The van der Waals surface area contributed by atoms with Crippen molar-refractivity contribution in [3.8, 4) is 0 Å². The smallest absolute Gasteiger partial charge is 0.328 e. The quantitative estimate of drug-likeness (QED) is 0.569. The van der Waals surface area contributed by atoms with Crippen LogP contribution in [0.4, 0.5) is 4.39 Å². The van der Waals surface area contributed by atoms with Gasteiger partial charge in [-0.05, 0) is 42.8 Å². The van der Waals surface area contributed by atoms with Crippen LogP contribution >= 0.6 is 0 Å². The minimum Gasteiger partial charge on any atom is -0.478 e. The number of benzene rings is 1. The molecule has 0 bridgehead atoms. The zero-order chi connectivity index (χ0) is 18.3. The van der Waals surface area contributed by atoms with E-state index in [9.17, 15) is 9.18 Å². The Hall–Kier alpha value is -3.41. The number of aliphatic carboxylic acids is 1. The molecule has 0 atom stereocenters. The summed E-state index contributed by atoms with van der Waals surface area (Å²) >= 11 is 0. The number of imidazole rings is 1. The van der Waals surface area contributed by atoms with Crippen LogP contribution < -0.4 is 0 Å². The Kier molecular flexibility index (Phi) is 3.80. The molecule has 0 amide bonds. The molecule has 0 aliphatic rings. The zero-order valence-electron chi connectivity index (χ0n) is 14.1. The van der Waals surface area contributed by atoms with Gasteiger partial charge in [0.2, 0.25) is 0 Å². The van der Waals surface area contributed by atoms with Crippen molar-refractivity contribution in [1.29, 1.82) is 0 Å². The van der Waals surface area contributed by atoms with Gasteiger partial charge in [0.1, 0.15) is 11.5 Å². The predicted molar refractivity (Wildman–Crippen MR) is 97.6 cm³/mol. The number of fused-ring (bicyclic) bond motifs is 2. The molecule has 26 heavy (non-hydrogen) atoms. The molecule has 0 saturated carbocycles. The van der Waals surface area contributed by atoms with Gasteiger partial charge in [0.15, 0.2) is 0 Å². The monoisotopic (exact) mass is 349 g/mol. The van der Waals surface area contributed by atoms with Crippen molar-refractivity contribution in [2.75, 3.05) is 0 Å². The molecule has 4 aromatic rings. The number of nitrogens with zero attached hydrogens (tertiary/aromatic N) is 3. The van der Waals surface area contributed by atoms with Crippen molar-refractivity contribution in [2.45, 2.75) is 13.5 Å². The Labute approximate surface area is 148 Å². The van der Waals surface area contributed by atoms with Crippen LogP contribution in [0.2, 0.25) is 0 Å². The first kappa shape index (κ1) is 16.1. The van der Waals surface area contributed by atoms with Gasteiger partial charge >= 0.3 is 5.97 Å². The molecule has 0 spiro atoms. The van der Waals surface area contributed by atoms with Crippen molar-refractivity contribution >= 4 is 28.6 Å². The highest BCUT2D eigenvalue weighted by molar-refractivity contribution is 5.94. The van der Waals surface area contributed by atoms with E-state index >= 15 is 0 Å². The first-order valence-corrected chi connectivity index (χ1v) is 8.14. The third-order valence-electron chi connectivity index (χ3n) is 4.32. The first-order valence-electron chi connectivity index (χ1n) is 8.14. The first-order chi connectivity index (χ1) is 12.5. The number of pyridine rings is 1. The average molecular weight is 349 g/mol. The SMILES string of the molecule is Cc1cn(Cc2cn3ccccc3n2)c2c(/C=C/C(=O)O)cc(F)cc12. The lowest BCUT2D eigenvalue weighted by atomic mass is 10.1. The summed E-state index contributed by atoms with van der Waals surface area (Å²) in [5.41, 5.74) is 3.96. The zero-order valence-corrected chi connectivity index (χ0v) is 14.1. The summed E-state index contributed by atoms with van der Waals surface area (Å²) < 4.78 is 17.9. The van der Waals surface area contributed by atoms with Crippen LogP contribution in [0.3, 0.4) is 0 Å². The third-order valence-corrected chi connectivity index (χ3v) is 4.32. The highest BCUT2D eigenvalue weighted by Gasteiger charge is 2.13. The summed E-state index contributed by atoms with van der Waals surface area (Å²) in [4.78, 5) is 15.5. The number of halogens is 1. The molecule has 1 N–H and O–H groups in total. The highest BCUT2D eigenvalue weighted by atomic mass is 19.1. The second-order valence-electron chi connectivity index (χ2n) is 6.20. The van der Waals surface area contributed by atoms with Gasteiger partial charge in [0, 0.05) is 35.6 Å². The van der Waals surface area contributed by atoms with Crippen LogP contribution in [0.15, 0.2) is 55.0 Å². The van der Waals surface area contributed by atoms with Crippen LogP contribution in [0.25, 0.3) is 22.6 Å². The van der Waals surface area contributed by atoms with Gasteiger partial charge in [0.05, 0.1) is 17.8 Å². The van der Waals surface area contributed by atoms with E-state index in [0.717, 1.165) is 33.9 Å². The summed E-state index contributed by atoms with van der Waals surface area (Å²) in [7, 11) is 0. The van der Waals surface area contributed by atoms with Crippen LogP contribution in [0, 0.1) is 12.7 Å². The van der Waals surface area contributed by atoms with Crippen LogP contribution in [0.1, 0.15) is 16.8 Å². The fourth-order valence-electron chi connectivity index (χ4n) is 3.26. The average Bonchev–Trinajstić information content (AvgIpc) is 3.13.